The fraction of sp³-hybridized carbons (Fsp3) is 0.222. The van der Waals surface area contributed by atoms with Crippen molar-refractivity contribution in [3.8, 4) is 0 Å². The average Bonchev–Trinajstić information content (AvgIpc) is 2.17. The third-order valence-corrected chi connectivity index (χ3v) is 1.86. The Bertz CT molecular complexity index is 300. The second-order valence-corrected chi connectivity index (χ2v) is 2.68. The predicted octanol–water partition coefficient (Wildman–Crippen LogP) is 0.513. The van der Waals surface area contributed by atoms with Gasteiger partial charge in [-0.3, -0.25) is 4.79 Å². The van der Waals surface area contributed by atoms with Crippen molar-refractivity contribution in [1.29, 1.82) is 0 Å². The normalized spacial score (nSPS) is 21.2. The number of aldehydes is 1. The molecule has 0 radical (unpaired) electrons. The number of carbonyl (C=O) groups excluding carboxylic acids is 1. The minimum Gasteiger partial charge on any atom is -0.454 e. The van der Waals surface area contributed by atoms with Crippen molar-refractivity contribution in [3.63, 3.8) is 0 Å². The van der Waals surface area contributed by atoms with Crippen LogP contribution in [0.25, 0.3) is 0 Å². The lowest BCUT2D eigenvalue weighted by atomic mass is 10.1. The molecule has 0 aromatic heterocycles. The van der Waals surface area contributed by atoms with E-state index in [9.17, 15) is 4.79 Å². The Balaban J connectivity index is 2.30. The lowest BCUT2D eigenvalue weighted by Gasteiger charge is -2.20. The highest BCUT2D eigenvalue weighted by atomic mass is 16.5. The third-order valence-electron chi connectivity index (χ3n) is 1.86. The molecule has 1 N–H and O–H groups in total. The summed E-state index contributed by atoms with van der Waals surface area (Å²) in [6, 6.07) is 0. The number of nitrogens with one attached hydrogen (secondary N) is 1. The maximum absolute atomic E-state index is 10.4. The largest absolute Gasteiger partial charge is 0.454 e. The minimum absolute atomic E-state index is 0.381. The van der Waals surface area contributed by atoms with Gasteiger partial charge in [0.1, 0.15) is 5.76 Å². The summed E-state index contributed by atoms with van der Waals surface area (Å²) >= 11 is 0. The quantitative estimate of drug-likeness (QED) is 0.572. The maximum Gasteiger partial charge on any atom is 0.185 e. The van der Waals surface area contributed by atoms with Gasteiger partial charge in [0.05, 0.1) is 0 Å². The molecule has 3 nitrogen and oxygen atoms in total. The highest BCUT2D eigenvalue weighted by Crippen LogP contribution is 2.21. The summed E-state index contributed by atoms with van der Waals surface area (Å²) in [6.07, 6.45) is 6.25. The van der Waals surface area contributed by atoms with Gasteiger partial charge in [0.15, 0.2) is 12.0 Å². The lowest BCUT2D eigenvalue weighted by molar-refractivity contribution is -0.107. The molecule has 2 aliphatic rings. The average molecular weight is 163 g/mol. The molecule has 0 unspecified atom stereocenters. The maximum atomic E-state index is 10.4. The van der Waals surface area contributed by atoms with E-state index in [0.29, 0.717) is 5.76 Å². The first kappa shape index (κ1) is 7.31. The van der Waals surface area contributed by atoms with Gasteiger partial charge in [-0.1, -0.05) is 6.08 Å². The molecule has 0 amide bonds. The number of fused-ring (bicyclic) bond motifs is 1. The van der Waals surface area contributed by atoms with Gasteiger partial charge >= 0.3 is 0 Å². The summed E-state index contributed by atoms with van der Waals surface area (Å²) in [6.45, 7) is 1.62. The SMILES string of the molecule is O=CC1=CC=C2CNCC=C2O1. The topological polar surface area (TPSA) is 38.3 Å². The number of allylic oxidation sites excluding steroid dienone is 3. The van der Waals surface area contributed by atoms with E-state index in [2.05, 4.69) is 5.32 Å². The van der Waals surface area contributed by atoms with Crippen LogP contribution in [0.3, 0.4) is 0 Å². The van der Waals surface area contributed by atoms with E-state index in [4.69, 9.17) is 4.74 Å². The number of carbonyl (C=O) groups is 1. The van der Waals surface area contributed by atoms with Gasteiger partial charge in [0.25, 0.3) is 0 Å². The van der Waals surface area contributed by atoms with Crippen molar-refractivity contribution in [3.05, 3.63) is 35.3 Å². The minimum atomic E-state index is 0.381. The molecule has 0 saturated heterocycles. The fourth-order valence-corrected chi connectivity index (χ4v) is 1.25. The second-order valence-electron chi connectivity index (χ2n) is 2.68. The summed E-state index contributed by atoms with van der Waals surface area (Å²) in [4.78, 5) is 10.4. The van der Waals surface area contributed by atoms with Gasteiger partial charge in [-0.05, 0) is 12.2 Å². The van der Waals surface area contributed by atoms with Crippen LogP contribution in [-0.2, 0) is 9.53 Å². The zero-order valence-electron chi connectivity index (χ0n) is 6.54. The van der Waals surface area contributed by atoms with Crippen molar-refractivity contribution in [2.45, 2.75) is 0 Å². The van der Waals surface area contributed by atoms with Gasteiger partial charge in [0.2, 0.25) is 0 Å². The highest BCUT2D eigenvalue weighted by Gasteiger charge is 2.15. The highest BCUT2D eigenvalue weighted by molar-refractivity contribution is 5.72. The van der Waals surface area contributed by atoms with Crippen molar-refractivity contribution in [1.82, 2.24) is 5.32 Å². The zero-order valence-corrected chi connectivity index (χ0v) is 6.54. The van der Waals surface area contributed by atoms with E-state index >= 15 is 0 Å². The van der Waals surface area contributed by atoms with Crippen LogP contribution in [0.4, 0.5) is 0 Å². The third kappa shape index (κ3) is 1.19. The molecule has 12 heavy (non-hydrogen) atoms. The molecule has 0 spiro atoms. The van der Waals surface area contributed by atoms with Gasteiger partial charge in [-0.25, -0.2) is 0 Å². The summed E-state index contributed by atoms with van der Waals surface area (Å²) in [5, 5.41) is 3.17. The second kappa shape index (κ2) is 2.95. The molecular weight excluding hydrogens is 154 g/mol. The summed E-state index contributed by atoms with van der Waals surface area (Å²) in [5.41, 5.74) is 1.10. The molecule has 0 aromatic rings. The van der Waals surface area contributed by atoms with Crippen molar-refractivity contribution < 1.29 is 9.53 Å². The fourth-order valence-electron chi connectivity index (χ4n) is 1.25. The molecule has 0 aromatic carbocycles. The Morgan fingerprint density at radius 1 is 1.50 bits per heavy atom. The van der Waals surface area contributed by atoms with Crippen LogP contribution in [0.2, 0.25) is 0 Å². The van der Waals surface area contributed by atoms with Crippen molar-refractivity contribution in [2.75, 3.05) is 13.1 Å². The monoisotopic (exact) mass is 163 g/mol. The number of hydrogen-bond donors (Lipinski definition) is 1. The van der Waals surface area contributed by atoms with Crippen molar-refractivity contribution in [2.24, 2.45) is 0 Å². The van der Waals surface area contributed by atoms with Gasteiger partial charge in [-0.2, -0.15) is 0 Å². The molecule has 0 bridgehead atoms. The van der Waals surface area contributed by atoms with Crippen LogP contribution in [0.15, 0.2) is 35.3 Å². The Kier molecular flexibility index (Phi) is 1.80. The lowest BCUT2D eigenvalue weighted by Crippen LogP contribution is -2.25. The molecule has 0 saturated carbocycles. The summed E-state index contributed by atoms with van der Waals surface area (Å²) < 4.78 is 5.29. The molecule has 0 atom stereocenters. The first-order chi connectivity index (χ1) is 5.90. The molecule has 2 rings (SSSR count). The molecule has 2 heterocycles. The van der Waals surface area contributed by atoms with Crippen molar-refractivity contribution >= 4 is 6.29 Å². The van der Waals surface area contributed by atoms with Gasteiger partial charge in [-0.15, -0.1) is 0 Å². The number of rotatable bonds is 1. The summed E-state index contributed by atoms with van der Waals surface area (Å²) in [5.74, 6) is 1.20. The van der Waals surface area contributed by atoms with E-state index in [1.165, 1.54) is 0 Å². The standard InChI is InChI=1S/C9H9NO2/c11-6-8-2-1-7-5-10-4-3-9(7)12-8/h1-3,6,10H,4-5H2. The number of ether oxygens (including phenoxy) is 1. The first-order valence-corrected chi connectivity index (χ1v) is 3.85. The van der Waals surface area contributed by atoms with E-state index in [1.807, 2.05) is 12.2 Å². The van der Waals surface area contributed by atoms with Crippen LogP contribution < -0.4 is 5.32 Å². The van der Waals surface area contributed by atoms with Crippen LogP contribution >= 0.6 is 0 Å². The zero-order chi connectivity index (χ0) is 8.39. The molecule has 2 aliphatic heterocycles. The van der Waals surface area contributed by atoms with Crippen LogP contribution in [0.1, 0.15) is 0 Å². The van der Waals surface area contributed by atoms with Crippen LogP contribution in [-0.4, -0.2) is 19.4 Å². The first-order valence-electron chi connectivity index (χ1n) is 3.85. The molecular formula is C9H9NO2. The van der Waals surface area contributed by atoms with Crippen LogP contribution in [0.5, 0.6) is 0 Å². The Morgan fingerprint density at radius 2 is 2.42 bits per heavy atom. The smallest absolute Gasteiger partial charge is 0.185 e. The molecule has 0 aliphatic carbocycles. The molecule has 0 fully saturated rings. The Labute approximate surface area is 70.4 Å². The Hall–Kier alpha value is -1.35. The van der Waals surface area contributed by atoms with Crippen LogP contribution in [0, 0.1) is 0 Å². The number of hydrogen-bond acceptors (Lipinski definition) is 3. The van der Waals surface area contributed by atoms with E-state index in [0.717, 1.165) is 30.7 Å². The summed E-state index contributed by atoms with van der Waals surface area (Å²) in [7, 11) is 0. The van der Waals surface area contributed by atoms with E-state index in [1.54, 1.807) is 6.08 Å². The van der Waals surface area contributed by atoms with Gasteiger partial charge in [0, 0.05) is 18.7 Å². The molecule has 3 heteroatoms. The van der Waals surface area contributed by atoms with E-state index in [-0.39, 0.29) is 0 Å². The Morgan fingerprint density at radius 3 is 3.25 bits per heavy atom. The molecule has 62 valence electrons. The predicted molar refractivity (Wildman–Crippen MR) is 44.3 cm³/mol. The van der Waals surface area contributed by atoms with Gasteiger partial charge < -0.3 is 10.1 Å². The van der Waals surface area contributed by atoms with E-state index < -0.39 is 0 Å².